The molecule has 0 spiro atoms. The summed E-state index contributed by atoms with van der Waals surface area (Å²) in [5, 5.41) is 2.94. The Morgan fingerprint density at radius 3 is 3.00 bits per heavy atom. The Labute approximate surface area is 120 Å². The van der Waals surface area contributed by atoms with Crippen molar-refractivity contribution in [3.8, 4) is 0 Å². The van der Waals surface area contributed by atoms with E-state index in [2.05, 4.69) is 38.8 Å². The van der Waals surface area contributed by atoms with Gasteiger partial charge in [0.2, 0.25) is 0 Å². The second kappa shape index (κ2) is 5.18. The van der Waals surface area contributed by atoms with Gasteiger partial charge in [-0.1, -0.05) is 13.8 Å². The third-order valence-electron chi connectivity index (χ3n) is 3.08. The van der Waals surface area contributed by atoms with Crippen LogP contribution in [0.15, 0.2) is 23.8 Å². The molecule has 0 bridgehead atoms. The van der Waals surface area contributed by atoms with Gasteiger partial charge in [0.05, 0.1) is 11.9 Å². The van der Waals surface area contributed by atoms with Gasteiger partial charge in [0.25, 0.3) is 0 Å². The molecule has 0 aliphatic carbocycles. The van der Waals surface area contributed by atoms with Crippen molar-refractivity contribution in [2.75, 3.05) is 5.43 Å². The van der Waals surface area contributed by atoms with Gasteiger partial charge in [-0.2, -0.15) is 0 Å². The van der Waals surface area contributed by atoms with Gasteiger partial charge in [0.15, 0.2) is 11.6 Å². The van der Waals surface area contributed by atoms with Crippen molar-refractivity contribution in [2.24, 2.45) is 5.84 Å². The van der Waals surface area contributed by atoms with Crippen molar-refractivity contribution < 1.29 is 0 Å². The highest BCUT2D eigenvalue weighted by atomic mass is 32.1. The van der Waals surface area contributed by atoms with E-state index in [0.717, 1.165) is 21.9 Å². The molecule has 7 heteroatoms. The number of nitrogens with zero attached hydrogens (tertiary/aromatic N) is 4. The van der Waals surface area contributed by atoms with Gasteiger partial charge in [-0.15, -0.1) is 11.3 Å². The zero-order valence-corrected chi connectivity index (χ0v) is 12.2. The van der Waals surface area contributed by atoms with Gasteiger partial charge >= 0.3 is 0 Å². The first-order chi connectivity index (χ1) is 9.69. The van der Waals surface area contributed by atoms with Crippen LogP contribution in [0.1, 0.15) is 31.4 Å². The molecule has 0 aliphatic rings. The standard InChI is InChI=1S/C13H16N6S/c1-8(2)12-15-4-5-19(12)7-10-16-11(18-14)9-3-6-20-13(9)17-10/h3-6,8H,7,14H2,1-2H3,(H,16,17,18). The minimum Gasteiger partial charge on any atom is -0.327 e. The Balaban J connectivity index is 2.00. The number of nitrogens with two attached hydrogens (primary N) is 1. The van der Waals surface area contributed by atoms with Crippen LogP contribution in [-0.2, 0) is 6.54 Å². The van der Waals surface area contributed by atoms with Crippen LogP contribution in [-0.4, -0.2) is 19.5 Å². The summed E-state index contributed by atoms with van der Waals surface area (Å²) in [7, 11) is 0. The molecule has 6 nitrogen and oxygen atoms in total. The SMILES string of the molecule is CC(C)c1nccn1Cc1nc(NN)c2ccsc2n1. The lowest BCUT2D eigenvalue weighted by molar-refractivity contribution is 0.652. The Morgan fingerprint density at radius 2 is 2.25 bits per heavy atom. The minimum atomic E-state index is 0.363. The summed E-state index contributed by atoms with van der Waals surface area (Å²) in [6.45, 7) is 4.83. The summed E-state index contributed by atoms with van der Waals surface area (Å²) >= 11 is 1.58. The molecule has 0 saturated carbocycles. The number of hydrogen-bond acceptors (Lipinski definition) is 6. The fraction of sp³-hybridized carbons (Fsp3) is 0.308. The van der Waals surface area contributed by atoms with E-state index in [1.807, 2.05) is 17.6 Å². The molecule has 3 N–H and O–H groups in total. The van der Waals surface area contributed by atoms with Crippen molar-refractivity contribution in [1.82, 2.24) is 19.5 Å². The van der Waals surface area contributed by atoms with Crippen molar-refractivity contribution in [3.05, 3.63) is 35.5 Å². The van der Waals surface area contributed by atoms with E-state index in [9.17, 15) is 0 Å². The molecule has 0 fully saturated rings. The van der Waals surface area contributed by atoms with Crippen molar-refractivity contribution in [1.29, 1.82) is 0 Å². The molecular formula is C13H16N6S. The molecule has 0 aliphatic heterocycles. The number of rotatable bonds is 4. The molecule has 0 aromatic carbocycles. The number of anilines is 1. The number of nitrogen functional groups attached to an aromatic ring is 1. The maximum Gasteiger partial charge on any atom is 0.152 e. The van der Waals surface area contributed by atoms with Crippen LogP contribution in [0.4, 0.5) is 5.82 Å². The Hall–Kier alpha value is -1.99. The molecule has 3 aromatic rings. The highest BCUT2D eigenvalue weighted by molar-refractivity contribution is 7.16. The molecule has 3 rings (SSSR count). The van der Waals surface area contributed by atoms with Crippen LogP contribution >= 0.6 is 11.3 Å². The van der Waals surface area contributed by atoms with Gasteiger partial charge < -0.3 is 9.99 Å². The van der Waals surface area contributed by atoms with Crippen molar-refractivity contribution >= 4 is 27.4 Å². The second-order valence-electron chi connectivity index (χ2n) is 4.84. The normalized spacial score (nSPS) is 11.4. The smallest absolute Gasteiger partial charge is 0.152 e. The topological polar surface area (TPSA) is 81.7 Å². The van der Waals surface area contributed by atoms with E-state index in [1.54, 1.807) is 17.5 Å². The lowest BCUT2D eigenvalue weighted by Gasteiger charge is -2.10. The molecule has 0 atom stereocenters. The fourth-order valence-corrected chi connectivity index (χ4v) is 2.97. The number of aromatic nitrogens is 4. The Kier molecular flexibility index (Phi) is 3.37. The largest absolute Gasteiger partial charge is 0.327 e. The number of imidazole rings is 1. The van der Waals surface area contributed by atoms with Crippen LogP contribution in [0.25, 0.3) is 10.2 Å². The summed E-state index contributed by atoms with van der Waals surface area (Å²) < 4.78 is 2.07. The lowest BCUT2D eigenvalue weighted by Crippen LogP contribution is -2.13. The first-order valence-corrected chi connectivity index (χ1v) is 7.28. The van der Waals surface area contributed by atoms with Gasteiger partial charge in [-0.05, 0) is 11.4 Å². The van der Waals surface area contributed by atoms with Gasteiger partial charge in [0.1, 0.15) is 10.7 Å². The van der Waals surface area contributed by atoms with E-state index in [1.165, 1.54) is 0 Å². The molecular weight excluding hydrogens is 272 g/mol. The highest BCUT2D eigenvalue weighted by Crippen LogP contribution is 2.24. The Morgan fingerprint density at radius 1 is 1.40 bits per heavy atom. The lowest BCUT2D eigenvalue weighted by atomic mass is 10.2. The Bertz CT molecular complexity index is 729. The van der Waals surface area contributed by atoms with Crippen LogP contribution in [0.2, 0.25) is 0 Å². The zero-order valence-electron chi connectivity index (χ0n) is 11.4. The van der Waals surface area contributed by atoms with E-state index in [0.29, 0.717) is 18.3 Å². The minimum absolute atomic E-state index is 0.363. The molecule has 3 heterocycles. The van der Waals surface area contributed by atoms with E-state index < -0.39 is 0 Å². The van der Waals surface area contributed by atoms with E-state index in [4.69, 9.17) is 5.84 Å². The quantitative estimate of drug-likeness (QED) is 0.569. The summed E-state index contributed by atoms with van der Waals surface area (Å²) in [5.41, 5.74) is 2.64. The van der Waals surface area contributed by atoms with Crippen LogP contribution in [0.3, 0.4) is 0 Å². The third-order valence-corrected chi connectivity index (χ3v) is 3.89. The fourth-order valence-electron chi connectivity index (χ4n) is 2.19. The molecule has 3 aromatic heterocycles. The van der Waals surface area contributed by atoms with Crippen molar-refractivity contribution in [3.63, 3.8) is 0 Å². The molecule has 104 valence electrons. The van der Waals surface area contributed by atoms with Gasteiger partial charge in [0, 0.05) is 18.3 Å². The highest BCUT2D eigenvalue weighted by Gasteiger charge is 2.11. The molecule has 0 radical (unpaired) electrons. The number of nitrogens with one attached hydrogen (secondary N) is 1. The van der Waals surface area contributed by atoms with Crippen molar-refractivity contribution in [2.45, 2.75) is 26.3 Å². The molecule has 0 amide bonds. The van der Waals surface area contributed by atoms with Crippen LogP contribution in [0.5, 0.6) is 0 Å². The summed E-state index contributed by atoms with van der Waals surface area (Å²) in [6.07, 6.45) is 3.76. The number of hydrogen-bond donors (Lipinski definition) is 2. The maximum atomic E-state index is 5.54. The molecule has 20 heavy (non-hydrogen) atoms. The number of thiophene rings is 1. The van der Waals surface area contributed by atoms with Gasteiger partial charge in [-0.3, -0.25) is 0 Å². The zero-order chi connectivity index (χ0) is 14.1. The van der Waals surface area contributed by atoms with E-state index in [-0.39, 0.29) is 0 Å². The monoisotopic (exact) mass is 288 g/mol. The number of hydrazine groups is 1. The summed E-state index contributed by atoms with van der Waals surface area (Å²) in [6, 6.07) is 1.97. The van der Waals surface area contributed by atoms with Crippen LogP contribution in [0, 0.1) is 0 Å². The molecule has 0 saturated heterocycles. The first kappa shape index (κ1) is 13.0. The average Bonchev–Trinajstić information content (AvgIpc) is 3.06. The predicted molar refractivity (Wildman–Crippen MR) is 80.6 cm³/mol. The predicted octanol–water partition coefficient (Wildman–Crippen LogP) is 2.35. The van der Waals surface area contributed by atoms with Gasteiger partial charge in [-0.25, -0.2) is 20.8 Å². The second-order valence-corrected chi connectivity index (χ2v) is 5.73. The first-order valence-electron chi connectivity index (χ1n) is 6.41. The van der Waals surface area contributed by atoms with Crippen LogP contribution < -0.4 is 11.3 Å². The summed E-state index contributed by atoms with van der Waals surface area (Å²) in [4.78, 5) is 14.4. The average molecular weight is 288 g/mol. The molecule has 0 unspecified atom stereocenters. The third kappa shape index (κ3) is 2.25. The number of fused-ring (bicyclic) bond motifs is 1. The summed E-state index contributed by atoms with van der Waals surface area (Å²) in [5.74, 6) is 8.33. The van der Waals surface area contributed by atoms with E-state index >= 15 is 0 Å². The maximum absolute atomic E-state index is 5.54.